The van der Waals surface area contributed by atoms with Crippen LogP contribution in [0.5, 0.6) is 0 Å². The third-order valence-corrected chi connectivity index (χ3v) is 4.56. The molecule has 0 saturated heterocycles. The second kappa shape index (κ2) is 5.35. The molecule has 2 rings (SSSR count). The van der Waals surface area contributed by atoms with Crippen LogP contribution in [0.15, 0.2) is 33.9 Å². The van der Waals surface area contributed by atoms with E-state index in [2.05, 4.69) is 35.8 Å². The standard InChI is InChI=1S/C10H10BrFN4O2S/c1-6(10-13-5-14-15-10)16-19(17,18)7-2-3-8(11)9(12)4-7/h2-6,16H,1H3,(H,13,14,15). The van der Waals surface area contributed by atoms with Crippen LogP contribution in [0.1, 0.15) is 18.8 Å². The zero-order valence-electron chi connectivity index (χ0n) is 9.76. The zero-order valence-corrected chi connectivity index (χ0v) is 12.2. The van der Waals surface area contributed by atoms with Gasteiger partial charge in [-0.05, 0) is 41.1 Å². The van der Waals surface area contributed by atoms with E-state index in [0.29, 0.717) is 5.82 Å². The summed E-state index contributed by atoms with van der Waals surface area (Å²) in [7, 11) is -3.82. The van der Waals surface area contributed by atoms with Crippen molar-refractivity contribution in [2.45, 2.75) is 17.9 Å². The summed E-state index contributed by atoms with van der Waals surface area (Å²) < 4.78 is 40.0. The highest BCUT2D eigenvalue weighted by molar-refractivity contribution is 9.10. The molecule has 1 heterocycles. The minimum Gasteiger partial charge on any atom is -0.262 e. The number of aromatic nitrogens is 3. The number of halogens is 2. The van der Waals surface area contributed by atoms with Crippen molar-refractivity contribution < 1.29 is 12.8 Å². The highest BCUT2D eigenvalue weighted by Gasteiger charge is 2.20. The number of hydrogen-bond donors (Lipinski definition) is 2. The molecule has 0 spiro atoms. The summed E-state index contributed by atoms with van der Waals surface area (Å²) in [6, 6.07) is 2.99. The molecular weight excluding hydrogens is 339 g/mol. The lowest BCUT2D eigenvalue weighted by Crippen LogP contribution is -2.27. The van der Waals surface area contributed by atoms with Crippen molar-refractivity contribution in [1.29, 1.82) is 0 Å². The van der Waals surface area contributed by atoms with E-state index in [9.17, 15) is 12.8 Å². The maximum Gasteiger partial charge on any atom is 0.241 e. The zero-order chi connectivity index (χ0) is 14.0. The molecule has 0 aliphatic heterocycles. The van der Waals surface area contributed by atoms with Crippen molar-refractivity contribution in [3.8, 4) is 0 Å². The molecule has 102 valence electrons. The Morgan fingerprint density at radius 2 is 2.21 bits per heavy atom. The summed E-state index contributed by atoms with van der Waals surface area (Å²) in [5.74, 6) is -0.267. The Bertz CT molecular complexity index is 675. The Balaban J connectivity index is 2.25. The summed E-state index contributed by atoms with van der Waals surface area (Å²) in [6.45, 7) is 1.60. The van der Waals surface area contributed by atoms with Gasteiger partial charge in [-0.1, -0.05) is 0 Å². The average Bonchev–Trinajstić information content (AvgIpc) is 2.85. The minimum absolute atomic E-state index is 0.153. The first-order valence-electron chi connectivity index (χ1n) is 5.23. The van der Waals surface area contributed by atoms with Crippen molar-refractivity contribution >= 4 is 26.0 Å². The SMILES string of the molecule is CC(NS(=O)(=O)c1ccc(Br)c(F)c1)c1ncn[nH]1. The van der Waals surface area contributed by atoms with Crippen molar-refractivity contribution in [2.24, 2.45) is 0 Å². The molecular formula is C10H10BrFN4O2S. The van der Waals surface area contributed by atoms with E-state index in [-0.39, 0.29) is 9.37 Å². The van der Waals surface area contributed by atoms with E-state index < -0.39 is 21.9 Å². The van der Waals surface area contributed by atoms with E-state index in [4.69, 9.17) is 0 Å². The van der Waals surface area contributed by atoms with E-state index in [0.717, 1.165) is 6.07 Å². The van der Waals surface area contributed by atoms with Crippen molar-refractivity contribution in [3.05, 3.63) is 40.6 Å². The Morgan fingerprint density at radius 3 is 2.79 bits per heavy atom. The number of hydrogen-bond acceptors (Lipinski definition) is 4. The van der Waals surface area contributed by atoms with E-state index >= 15 is 0 Å². The number of sulfonamides is 1. The molecule has 1 unspecified atom stereocenters. The molecule has 0 radical (unpaired) electrons. The summed E-state index contributed by atoms with van der Waals surface area (Å²) >= 11 is 2.96. The van der Waals surface area contributed by atoms with Crippen LogP contribution in [0.25, 0.3) is 0 Å². The fourth-order valence-corrected chi connectivity index (χ4v) is 2.89. The fourth-order valence-electron chi connectivity index (χ4n) is 1.42. The number of aromatic amines is 1. The number of nitrogens with zero attached hydrogens (tertiary/aromatic N) is 2. The van der Waals surface area contributed by atoms with E-state index in [1.807, 2.05) is 0 Å². The Labute approximate surface area is 117 Å². The van der Waals surface area contributed by atoms with Crippen LogP contribution in [0.3, 0.4) is 0 Å². The number of rotatable bonds is 4. The third-order valence-electron chi connectivity index (χ3n) is 2.38. The normalized spacial score (nSPS) is 13.4. The predicted molar refractivity (Wildman–Crippen MR) is 69.2 cm³/mol. The van der Waals surface area contributed by atoms with Gasteiger partial charge in [-0.3, -0.25) is 5.10 Å². The van der Waals surface area contributed by atoms with Gasteiger partial charge < -0.3 is 0 Å². The number of H-pyrrole nitrogens is 1. The molecule has 0 bridgehead atoms. The average molecular weight is 349 g/mol. The molecule has 2 N–H and O–H groups in total. The van der Waals surface area contributed by atoms with Crippen LogP contribution < -0.4 is 4.72 Å². The number of benzene rings is 1. The van der Waals surface area contributed by atoms with Crippen LogP contribution in [0.4, 0.5) is 4.39 Å². The molecule has 1 aromatic heterocycles. The highest BCUT2D eigenvalue weighted by atomic mass is 79.9. The molecule has 1 atom stereocenters. The van der Waals surface area contributed by atoms with Gasteiger partial charge in [0.25, 0.3) is 0 Å². The lowest BCUT2D eigenvalue weighted by molar-refractivity contribution is 0.557. The maximum absolute atomic E-state index is 13.4. The van der Waals surface area contributed by atoms with Crippen LogP contribution in [-0.4, -0.2) is 23.6 Å². The van der Waals surface area contributed by atoms with Gasteiger partial charge in [0.05, 0.1) is 15.4 Å². The second-order valence-electron chi connectivity index (χ2n) is 3.79. The molecule has 19 heavy (non-hydrogen) atoms. The molecule has 1 aromatic carbocycles. The first kappa shape index (κ1) is 14.1. The lowest BCUT2D eigenvalue weighted by Gasteiger charge is -2.12. The first-order chi connectivity index (χ1) is 8.90. The van der Waals surface area contributed by atoms with E-state index in [1.165, 1.54) is 18.5 Å². The van der Waals surface area contributed by atoms with Gasteiger partial charge in [0.2, 0.25) is 10.0 Å². The highest BCUT2D eigenvalue weighted by Crippen LogP contribution is 2.20. The van der Waals surface area contributed by atoms with Crippen LogP contribution in [-0.2, 0) is 10.0 Å². The Hall–Kier alpha value is -1.32. The van der Waals surface area contributed by atoms with Gasteiger partial charge in [0, 0.05) is 0 Å². The predicted octanol–water partition coefficient (Wildman–Crippen LogP) is 1.75. The molecule has 0 aliphatic rings. The fraction of sp³-hybridized carbons (Fsp3) is 0.200. The molecule has 9 heteroatoms. The third kappa shape index (κ3) is 3.17. The molecule has 0 saturated carbocycles. The summed E-state index contributed by atoms with van der Waals surface area (Å²) in [4.78, 5) is 3.70. The summed E-state index contributed by atoms with van der Waals surface area (Å²) in [5, 5.41) is 6.20. The van der Waals surface area contributed by atoms with Gasteiger partial charge in [-0.15, -0.1) is 0 Å². The minimum atomic E-state index is -3.82. The quantitative estimate of drug-likeness (QED) is 0.880. The van der Waals surface area contributed by atoms with Crippen LogP contribution in [0, 0.1) is 5.82 Å². The largest absolute Gasteiger partial charge is 0.262 e. The van der Waals surface area contributed by atoms with Crippen molar-refractivity contribution in [3.63, 3.8) is 0 Å². The topological polar surface area (TPSA) is 87.7 Å². The first-order valence-corrected chi connectivity index (χ1v) is 7.50. The van der Waals surface area contributed by atoms with Crippen LogP contribution in [0.2, 0.25) is 0 Å². The second-order valence-corrected chi connectivity index (χ2v) is 6.36. The lowest BCUT2D eigenvalue weighted by atomic mass is 10.3. The van der Waals surface area contributed by atoms with E-state index in [1.54, 1.807) is 6.92 Å². The van der Waals surface area contributed by atoms with Crippen molar-refractivity contribution in [1.82, 2.24) is 19.9 Å². The molecule has 6 nitrogen and oxygen atoms in total. The molecule has 2 aromatic rings. The molecule has 0 amide bonds. The number of nitrogens with one attached hydrogen (secondary N) is 2. The van der Waals surface area contributed by atoms with Gasteiger partial charge in [0.15, 0.2) is 0 Å². The Morgan fingerprint density at radius 1 is 1.47 bits per heavy atom. The Kier molecular flexibility index (Phi) is 3.97. The summed E-state index contributed by atoms with van der Waals surface area (Å²) in [6.07, 6.45) is 1.28. The van der Waals surface area contributed by atoms with Gasteiger partial charge in [-0.2, -0.15) is 5.10 Å². The van der Waals surface area contributed by atoms with Crippen LogP contribution >= 0.6 is 15.9 Å². The molecule has 0 fully saturated rings. The smallest absolute Gasteiger partial charge is 0.241 e. The molecule has 0 aliphatic carbocycles. The van der Waals surface area contributed by atoms with Crippen molar-refractivity contribution in [2.75, 3.05) is 0 Å². The van der Waals surface area contributed by atoms with Gasteiger partial charge in [-0.25, -0.2) is 22.5 Å². The monoisotopic (exact) mass is 348 g/mol. The van der Waals surface area contributed by atoms with Gasteiger partial charge in [0.1, 0.15) is 18.0 Å². The summed E-state index contributed by atoms with van der Waals surface area (Å²) in [5.41, 5.74) is 0. The van der Waals surface area contributed by atoms with Gasteiger partial charge >= 0.3 is 0 Å². The maximum atomic E-state index is 13.4.